The highest BCUT2D eigenvalue weighted by atomic mass is 32.2. The maximum atomic E-state index is 11.5. The van der Waals surface area contributed by atoms with E-state index < -0.39 is 0 Å². The van der Waals surface area contributed by atoms with Gasteiger partial charge >= 0.3 is 5.97 Å². The van der Waals surface area contributed by atoms with Crippen LogP contribution >= 0.6 is 11.8 Å². The smallest absolute Gasteiger partial charge is 0.322 e. The van der Waals surface area contributed by atoms with Gasteiger partial charge in [-0.2, -0.15) is 11.8 Å². The number of ether oxygens (including phenoxy) is 1. The molecule has 0 fully saturated rings. The number of thioether (sulfide) groups is 1. The van der Waals surface area contributed by atoms with Crippen LogP contribution in [0.15, 0.2) is 0 Å². The van der Waals surface area contributed by atoms with Gasteiger partial charge in [0, 0.05) is 6.04 Å². The normalized spacial score (nSPS) is 12.8. The molecule has 1 N–H and O–H groups in total. The van der Waals surface area contributed by atoms with Gasteiger partial charge < -0.3 is 10.1 Å². The molecule has 0 aliphatic rings. The van der Waals surface area contributed by atoms with Crippen LogP contribution in [0.25, 0.3) is 0 Å². The number of hydrogen-bond acceptors (Lipinski definition) is 4. The standard InChI is InChI=1S/C12H25NO2S/c1-5-6-8-16-9-7-11(12(14)15-4)13-10(2)3/h10-11,13H,5-9H2,1-4H3. The topological polar surface area (TPSA) is 38.3 Å². The zero-order valence-corrected chi connectivity index (χ0v) is 11.7. The number of carbonyl (C=O) groups is 1. The van der Waals surface area contributed by atoms with Crippen molar-refractivity contribution < 1.29 is 9.53 Å². The Labute approximate surface area is 104 Å². The summed E-state index contributed by atoms with van der Waals surface area (Å²) in [5.74, 6) is 2.05. The predicted octanol–water partition coefficient (Wildman–Crippen LogP) is 2.45. The Morgan fingerprint density at radius 2 is 2.06 bits per heavy atom. The van der Waals surface area contributed by atoms with Crippen molar-refractivity contribution in [3.8, 4) is 0 Å². The summed E-state index contributed by atoms with van der Waals surface area (Å²) in [7, 11) is 1.45. The molecule has 0 saturated carbocycles. The van der Waals surface area contributed by atoms with E-state index in [1.165, 1.54) is 25.7 Å². The minimum absolute atomic E-state index is 0.148. The summed E-state index contributed by atoms with van der Waals surface area (Å²) in [5, 5.41) is 3.23. The van der Waals surface area contributed by atoms with Gasteiger partial charge in [0.25, 0.3) is 0 Å². The van der Waals surface area contributed by atoms with Crippen molar-refractivity contribution in [2.45, 2.75) is 52.1 Å². The van der Waals surface area contributed by atoms with Crippen LogP contribution in [-0.2, 0) is 9.53 Å². The average molecular weight is 247 g/mol. The Kier molecular flexibility index (Phi) is 9.83. The number of esters is 1. The molecule has 3 nitrogen and oxygen atoms in total. The highest BCUT2D eigenvalue weighted by molar-refractivity contribution is 7.99. The summed E-state index contributed by atoms with van der Waals surface area (Å²) in [5.41, 5.74) is 0. The largest absolute Gasteiger partial charge is 0.468 e. The molecule has 0 aromatic carbocycles. The van der Waals surface area contributed by atoms with Gasteiger partial charge in [0.2, 0.25) is 0 Å². The third-order valence-corrected chi connectivity index (χ3v) is 3.32. The molecular formula is C12H25NO2S. The van der Waals surface area contributed by atoms with Gasteiger partial charge in [-0.25, -0.2) is 0 Å². The fraction of sp³-hybridized carbons (Fsp3) is 0.917. The molecule has 0 spiro atoms. The summed E-state index contributed by atoms with van der Waals surface area (Å²) in [4.78, 5) is 11.5. The zero-order chi connectivity index (χ0) is 12.4. The molecular weight excluding hydrogens is 222 g/mol. The first-order valence-electron chi connectivity index (χ1n) is 6.03. The molecule has 0 aromatic heterocycles. The van der Waals surface area contributed by atoms with Gasteiger partial charge in [0.05, 0.1) is 7.11 Å². The predicted molar refractivity (Wildman–Crippen MR) is 70.9 cm³/mol. The fourth-order valence-corrected chi connectivity index (χ4v) is 2.46. The summed E-state index contributed by atoms with van der Waals surface area (Å²) >= 11 is 1.91. The highest BCUT2D eigenvalue weighted by Crippen LogP contribution is 2.09. The first-order valence-corrected chi connectivity index (χ1v) is 7.18. The molecule has 0 aliphatic heterocycles. The Hall–Kier alpha value is -0.220. The van der Waals surface area contributed by atoms with Gasteiger partial charge in [-0.15, -0.1) is 0 Å². The third kappa shape index (κ3) is 7.99. The van der Waals surface area contributed by atoms with E-state index >= 15 is 0 Å². The molecule has 4 heteroatoms. The van der Waals surface area contributed by atoms with Crippen LogP contribution in [0.1, 0.15) is 40.0 Å². The Morgan fingerprint density at radius 1 is 1.38 bits per heavy atom. The quantitative estimate of drug-likeness (QED) is 0.502. The maximum Gasteiger partial charge on any atom is 0.322 e. The van der Waals surface area contributed by atoms with Gasteiger partial charge in [-0.3, -0.25) is 4.79 Å². The number of nitrogens with one attached hydrogen (secondary N) is 1. The molecule has 0 bridgehead atoms. The fourth-order valence-electron chi connectivity index (χ4n) is 1.36. The first kappa shape index (κ1) is 15.8. The summed E-state index contributed by atoms with van der Waals surface area (Å²) in [6, 6.07) is 0.156. The number of rotatable bonds is 9. The molecule has 0 amide bonds. The van der Waals surface area contributed by atoms with Crippen LogP contribution in [0.2, 0.25) is 0 Å². The molecule has 0 aromatic rings. The second-order valence-electron chi connectivity index (χ2n) is 4.15. The number of unbranched alkanes of at least 4 members (excludes halogenated alkanes) is 1. The molecule has 1 atom stereocenters. The lowest BCUT2D eigenvalue weighted by Gasteiger charge is -2.18. The monoisotopic (exact) mass is 247 g/mol. The zero-order valence-electron chi connectivity index (χ0n) is 10.9. The van der Waals surface area contributed by atoms with E-state index in [9.17, 15) is 4.79 Å². The van der Waals surface area contributed by atoms with E-state index in [0.29, 0.717) is 6.04 Å². The van der Waals surface area contributed by atoms with Crippen LogP contribution in [-0.4, -0.2) is 36.7 Å². The lowest BCUT2D eigenvalue weighted by molar-refractivity contribution is -0.143. The van der Waals surface area contributed by atoms with Crippen LogP contribution in [0.4, 0.5) is 0 Å². The summed E-state index contributed by atoms with van der Waals surface area (Å²) < 4.78 is 4.78. The van der Waals surface area contributed by atoms with Crippen molar-refractivity contribution in [2.24, 2.45) is 0 Å². The Balaban J connectivity index is 3.79. The van der Waals surface area contributed by atoms with E-state index in [-0.39, 0.29) is 12.0 Å². The van der Waals surface area contributed by atoms with E-state index in [4.69, 9.17) is 4.74 Å². The van der Waals surface area contributed by atoms with Gasteiger partial charge in [-0.05, 0) is 24.3 Å². The summed E-state index contributed by atoms with van der Waals surface area (Å²) in [6.45, 7) is 6.28. The minimum atomic E-state index is -0.154. The summed E-state index contributed by atoms with van der Waals surface area (Å²) in [6.07, 6.45) is 3.34. The van der Waals surface area contributed by atoms with Crippen LogP contribution < -0.4 is 5.32 Å². The van der Waals surface area contributed by atoms with E-state index in [2.05, 4.69) is 12.2 Å². The Bertz CT molecular complexity index is 186. The Morgan fingerprint density at radius 3 is 2.56 bits per heavy atom. The van der Waals surface area contributed by atoms with Gasteiger partial charge in [0.15, 0.2) is 0 Å². The first-order chi connectivity index (χ1) is 7.61. The number of hydrogen-bond donors (Lipinski definition) is 1. The van der Waals surface area contributed by atoms with E-state index in [1.807, 2.05) is 25.6 Å². The molecule has 0 aliphatic carbocycles. The highest BCUT2D eigenvalue weighted by Gasteiger charge is 2.18. The van der Waals surface area contributed by atoms with Crippen LogP contribution in [0, 0.1) is 0 Å². The van der Waals surface area contributed by atoms with E-state index in [1.54, 1.807) is 0 Å². The molecule has 0 heterocycles. The number of carbonyl (C=O) groups excluding carboxylic acids is 1. The minimum Gasteiger partial charge on any atom is -0.468 e. The molecule has 0 radical (unpaired) electrons. The van der Waals surface area contributed by atoms with Gasteiger partial charge in [0.1, 0.15) is 6.04 Å². The number of methoxy groups -OCH3 is 1. The second kappa shape index (κ2) is 9.97. The lowest BCUT2D eigenvalue weighted by atomic mass is 10.2. The molecule has 0 saturated heterocycles. The van der Waals surface area contributed by atoms with Crippen molar-refractivity contribution in [3.63, 3.8) is 0 Å². The molecule has 96 valence electrons. The van der Waals surface area contributed by atoms with Crippen molar-refractivity contribution in [2.75, 3.05) is 18.6 Å². The van der Waals surface area contributed by atoms with Gasteiger partial charge in [-0.1, -0.05) is 27.2 Å². The van der Waals surface area contributed by atoms with Crippen LogP contribution in [0.3, 0.4) is 0 Å². The van der Waals surface area contributed by atoms with Crippen molar-refractivity contribution in [1.82, 2.24) is 5.32 Å². The molecule has 1 unspecified atom stereocenters. The molecule has 16 heavy (non-hydrogen) atoms. The third-order valence-electron chi connectivity index (χ3n) is 2.21. The van der Waals surface area contributed by atoms with Crippen LogP contribution in [0.5, 0.6) is 0 Å². The van der Waals surface area contributed by atoms with Crippen molar-refractivity contribution in [3.05, 3.63) is 0 Å². The SMILES string of the molecule is CCCCSCCC(NC(C)C)C(=O)OC. The van der Waals surface area contributed by atoms with Crippen molar-refractivity contribution in [1.29, 1.82) is 0 Å². The van der Waals surface area contributed by atoms with E-state index in [0.717, 1.165) is 12.2 Å². The second-order valence-corrected chi connectivity index (χ2v) is 5.38. The average Bonchev–Trinajstić information content (AvgIpc) is 2.25. The van der Waals surface area contributed by atoms with Crippen molar-refractivity contribution >= 4 is 17.7 Å². The maximum absolute atomic E-state index is 11.5. The lowest BCUT2D eigenvalue weighted by Crippen LogP contribution is -2.41. The molecule has 0 rings (SSSR count).